The molecular weight excluding hydrogens is 270 g/mol. The second kappa shape index (κ2) is 4.77. The second-order valence-corrected chi connectivity index (χ2v) is 7.75. The van der Waals surface area contributed by atoms with Crippen LogP contribution in [0.15, 0.2) is 41.3 Å². The average Bonchev–Trinajstić information content (AvgIpc) is 3.20. The topological polar surface area (TPSA) is 37.4 Å². The van der Waals surface area contributed by atoms with Gasteiger partial charge in [0.15, 0.2) is 9.84 Å². The number of hydrogen-bond acceptors (Lipinski definition) is 3. The molecule has 0 heterocycles. The Bertz CT molecular complexity index is 741. The lowest BCUT2D eigenvalue weighted by Crippen LogP contribution is -2.13. The van der Waals surface area contributed by atoms with E-state index in [-0.39, 0.29) is 5.75 Å². The van der Waals surface area contributed by atoms with Crippen molar-refractivity contribution in [1.29, 1.82) is 0 Å². The Kier molecular flexibility index (Phi) is 3.21. The van der Waals surface area contributed by atoms with Gasteiger partial charge in [-0.25, -0.2) is 8.42 Å². The lowest BCUT2D eigenvalue weighted by Gasteiger charge is -2.18. The molecular formula is C16H19NO2S. The maximum atomic E-state index is 12.7. The highest BCUT2D eigenvalue weighted by molar-refractivity contribution is 7.91. The zero-order chi connectivity index (χ0) is 14.3. The van der Waals surface area contributed by atoms with E-state index < -0.39 is 9.84 Å². The van der Waals surface area contributed by atoms with Gasteiger partial charge >= 0.3 is 0 Å². The zero-order valence-corrected chi connectivity index (χ0v) is 12.7. The third kappa shape index (κ3) is 2.40. The minimum absolute atomic E-state index is 0.286. The Hall–Kier alpha value is -1.55. The summed E-state index contributed by atoms with van der Waals surface area (Å²) in [7, 11) is 0.681. The smallest absolute Gasteiger partial charge is 0.179 e. The van der Waals surface area contributed by atoms with Gasteiger partial charge < -0.3 is 4.90 Å². The van der Waals surface area contributed by atoms with Crippen LogP contribution >= 0.6 is 0 Å². The average molecular weight is 289 g/mol. The van der Waals surface area contributed by atoms with Gasteiger partial charge in [-0.15, -0.1) is 0 Å². The van der Waals surface area contributed by atoms with E-state index in [0.717, 1.165) is 29.3 Å². The SMILES string of the molecule is CN(C)c1cccc2cccc(S(=O)(=O)CC3CC3)c12. The van der Waals surface area contributed by atoms with Crippen molar-refractivity contribution >= 4 is 26.3 Å². The largest absolute Gasteiger partial charge is 0.377 e. The van der Waals surface area contributed by atoms with Crippen molar-refractivity contribution in [3.8, 4) is 0 Å². The fourth-order valence-electron chi connectivity index (χ4n) is 2.60. The van der Waals surface area contributed by atoms with Crippen LogP contribution in [0.3, 0.4) is 0 Å². The summed E-state index contributed by atoms with van der Waals surface area (Å²) in [5.41, 5.74) is 0.956. The van der Waals surface area contributed by atoms with Crippen molar-refractivity contribution in [2.24, 2.45) is 5.92 Å². The van der Waals surface area contributed by atoms with Gasteiger partial charge in [-0.3, -0.25) is 0 Å². The minimum Gasteiger partial charge on any atom is -0.377 e. The molecule has 0 N–H and O–H groups in total. The maximum absolute atomic E-state index is 12.7. The maximum Gasteiger partial charge on any atom is 0.179 e. The van der Waals surface area contributed by atoms with E-state index in [1.165, 1.54) is 0 Å². The van der Waals surface area contributed by atoms with Crippen LogP contribution in [0.1, 0.15) is 12.8 Å². The van der Waals surface area contributed by atoms with Crippen molar-refractivity contribution in [2.45, 2.75) is 17.7 Å². The van der Waals surface area contributed by atoms with Crippen molar-refractivity contribution in [2.75, 3.05) is 24.7 Å². The number of sulfone groups is 1. The molecule has 1 saturated carbocycles. The fraction of sp³-hybridized carbons (Fsp3) is 0.375. The van der Waals surface area contributed by atoms with Gasteiger partial charge in [0.1, 0.15) is 0 Å². The molecule has 3 rings (SSSR count). The highest BCUT2D eigenvalue weighted by Crippen LogP contribution is 2.36. The van der Waals surface area contributed by atoms with Gasteiger partial charge in [-0.2, -0.15) is 0 Å². The quantitative estimate of drug-likeness (QED) is 0.868. The summed E-state index contributed by atoms with van der Waals surface area (Å²) in [6.45, 7) is 0. The molecule has 106 valence electrons. The molecule has 20 heavy (non-hydrogen) atoms. The lowest BCUT2D eigenvalue weighted by molar-refractivity contribution is 0.593. The van der Waals surface area contributed by atoms with E-state index in [2.05, 4.69) is 0 Å². The van der Waals surface area contributed by atoms with E-state index in [1.54, 1.807) is 6.07 Å². The second-order valence-electron chi connectivity index (χ2n) is 5.75. The standard InChI is InChI=1S/C16H19NO2S/c1-17(2)14-7-3-5-13-6-4-8-15(16(13)14)20(18,19)11-12-9-10-12/h3-8,12H,9-11H2,1-2H3. The zero-order valence-electron chi connectivity index (χ0n) is 11.8. The first-order valence-corrected chi connectivity index (χ1v) is 8.56. The van der Waals surface area contributed by atoms with Crippen molar-refractivity contribution in [3.05, 3.63) is 36.4 Å². The Labute approximate surface area is 120 Å². The molecule has 0 aromatic heterocycles. The molecule has 4 heteroatoms. The number of fused-ring (bicyclic) bond motifs is 1. The first kappa shape index (κ1) is 13.4. The Morgan fingerprint density at radius 1 is 1.10 bits per heavy atom. The summed E-state index contributed by atoms with van der Waals surface area (Å²) in [5, 5.41) is 1.83. The number of hydrogen-bond donors (Lipinski definition) is 0. The third-order valence-corrected chi connectivity index (χ3v) is 5.73. The lowest BCUT2D eigenvalue weighted by atomic mass is 10.1. The summed E-state index contributed by atoms with van der Waals surface area (Å²) in [6.07, 6.45) is 2.09. The normalized spacial score (nSPS) is 15.5. The summed E-state index contributed by atoms with van der Waals surface area (Å²) in [5.74, 6) is 0.648. The van der Waals surface area contributed by atoms with Crippen LogP contribution in [-0.2, 0) is 9.84 Å². The van der Waals surface area contributed by atoms with E-state index in [1.807, 2.05) is 49.3 Å². The van der Waals surface area contributed by atoms with E-state index in [0.29, 0.717) is 10.8 Å². The van der Waals surface area contributed by atoms with Crippen LogP contribution in [0.5, 0.6) is 0 Å². The Balaban J connectivity index is 2.24. The molecule has 3 nitrogen and oxygen atoms in total. The monoisotopic (exact) mass is 289 g/mol. The number of rotatable bonds is 4. The Morgan fingerprint density at radius 2 is 1.75 bits per heavy atom. The highest BCUT2D eigenvalue weighted by Gasteiger charge is 2.30. The molecule has 0 radical (unpaired) electrons. The van der Waals surface area contributed by atoms with Crippen LogP contribution in [-0.4, -0.2) is 28.3 Å². The van der Waals surface area contributed by atoms with Gasteiger partial charge in [0, 0.05) is 25.2 Å². The first-order valence-electron chi connectivity index (χ1n) is 6.91. The molecule has 0 amide bonds. The highest BCUT2D eigenvalue weighted by atomic mass is 32.2. The summed E-state index contributed by atoms with van der Waals surface area (Å²) >= 11 is 0. The van der Waals surface area contributed by atoms with Crippen molar-refractivity contribution in [1.82, 2.24) is 0 Å². The number of benzene rings is 2. The van der Waals surface area contributed by atoms with Crippen LogP contribution in [0.4, 0.5) is 5.69 Å². The fourth-order valence-corrected chi connectivity index (χ4v) is 4.56. The molecule has 0 unspecified atom stereocenters. The molecule has 1 fully saturated rings. The van der Waals surface area contributed by atoms with Gasteiger partial charge in [-0.1, -0.05) is 24.3 Å². The predicted octanol–water partition coefficient (Wildman–Crippen LogP) is 3.09. The Morgan fingerprint density at radius 3 is 2.35 bits per heavy atom. The molecule has 1 aliphatic carbocycles. The molecule has 0 atom stereocenters. The van der Waals surface area contributed by atoms with E-state index >= 15 is 0 Å². The van der Waals surface area contributed by atoms with E-state index in [4.69, 9.17) is 0 Å². The minimum atomic E-state index is -3.21. The predicted molar refractivity (Wildman–Crippen MR) is 83.1 cm³/mol. The summed E-state index contributed by atoms with van der Waals surface area (Å²) in [6, 6.07) is 11.5. The molecule has 0 saturated heterocycles. The molecule has 0 bridgehead atoms. The van der Waals surface area contributed by atoms with Gasteiger partial charge in [0.05, 0.1) is 10.6 Å². The van der Waals surface area contributed by atoms with Crippen molar-refractivity contribution in [3.63, 3.8) is 0 Å². The molecule has 0 spiro atoms. The van der Waals surface area contributed by atoms with E-state index in [9.17, 15) is 8.42 Å². The molecule has 1 aliphatic rings. The summed E-state index contributed by atoms with van der Waals surface area (Å²) < 4.78 is 25.3. The number of nitrogens with zero attached hydrogens (tertiary/aromatic N) is 1. The third-order valence-electron chi connectivity index (χ3n) is 3.81. The van der Waals surface area contributed by atoms with Crippen molar-refractivity contribution < 1.29 is 8.42 Å². The molecule has 0 aliphatic heterocycles. The van der Waals surface area contributed by atoms with Crippen LogP contribution in [0.2, 0.25) is 0 Å². The van der Waals surface area contributed by atoms with Crippen LogP contribution in [0.25, 0.3) is 10.8 Å². The van der Waals surface area contributed by atoms with Gasteiger partial charge in [0.2, 0.25) is 0 Å². The summed E-state index contributed by atoms with van der Waals surface area (Å²) in [4.78, 5) is 2.45. The molecule has 2 aromatic carbocycles. The first-order chi connectivity index (χ1) is 9.49. The van der Waals surface area contributed by atoms with Gasteiger partial charge in [0.25, 0.3) is 0 Å². The van der Waals surface area contributed by atoms with Crippen LogP contribution in [0, 0.1) is 5.92 Å². The van der Waals surface area contributed by atoms with Gasteiger partial charge in [-0.05, 0) is 36.3 Å². The number of anilines is 1. The molecule has 2 aromatic rings. The van der Waals surface area contributed by atoms with Crippen LogP contribution < -0.4 is 4.90 Å².